The molecule has 0 atom stereocenters. The molecule has 0 saturated carbocycles. The maximum absolute atomic E-state index is 13.2. The van der Waals surface area contributed by atoms with Crippen LogP contribution in [0.15, 0.2) is 64.2 Å². The number of nitrogens with zero attached hydrogens (tertiary/aromatic N) is 2. The number of halogens is 1. The van der Waals surface area contributed by atoms with Crippen LogP contribution in [0, 0.1) is 12.7 Å². The van der Waals surface area contributed by atoms with E-state index in [0.29, 0.717) is 24.9 Å². The molecule has 146 valence electrons. The van der Waals surface area contributed by atoms with E-state index < -0.39 is 0 Å². The Morgan fingerprint density at radius 1 is 1.07 bits per heavy atom. The van der Waals surface area contributed by atoms with Crippen LogP contribution in [0.1, 0.15) is 16.8 Å². The van der Waals surface area contributed by atoms with Crippen LogP contribution in [0.4, 0.5) is 4.39 Å². The van der Waals surface area contributed by atoms with Gasteiger partial charge in [0.1, 0.15) is 12.1 Å². The molecule has 3 aromatic rings. The van der Waals surface area contributed by atoms with E-state index in [2.05, 4.69) is 27.5 Å². The molecule has 1 aromatic heterocycles. The Kier molecular flexibility index (Phi) is 6.78. The Bertz CT molecular complexity index is 918. The number of oxazole rings is 1. The van der Waals surface area contributed by atoms with Crippen LogP contribution in [0.25, 0.3) is 11.5 Å². The molecule has 28 heavy (non-hydrogen) atoms. The molecule has 0 saturated heterocycles. The highest BCUT2D eigenvalue weighted by atomic mass is 19.1. The first-order valence-electron chi connectivity index (χ1n) is 9.34. The predicted molar refractivity (Wildman–Crippen MR) is 110 cm³/mol. The van der Waals surface area contributed by atoms with E-state index in [-0.39, 0.29) is 5.82 Å². The van der Waals surface area contributed by atoms with Crippen LogP contribution in [0.3, 0.4) is 0 Å². The van der Waals surface area contributed by atoms with E-state index in [4.69, 9.17) is 4.42 Å². The monoisotopic (exact) mass is 380 g/mol. The summed E-state index contributed by atoms with van der Waals surface area (Å²) in [6.45, 7) is 3.40. The number of hydrogen-bond acceptors (Lipinski definition) is 3. The van der Waals surface area contributed by atoms with Gasteiger partial charge in [-0.2, -0.15) is 0 Å². The molecule has 0 aliphatic rings. The summed E-state index contributed by atoms with van der Waals surface area (Å²) in [5, 5.41) is 6.49. The van der Waals surface area contributed by atoms with Gasteiger partial charge in [0.2, 0.25) is 5.89 Å². The third kappa shape index (κ3) is 5.67. The first kappa shape index (κ1) is 19.6. The summed E-state index contributed by atoms with van der Waals surface area (Å²) in [7, 11) is 1.73. The summed E-state index contributed by atoms with van der Waals surface area (Å²) in [6.07, 6.45) is 3.14. The highest BCUT2D eigenvalue weighted by molar-refractivity contribution is 5.79. The number of aromatic nitrogens is 1. The summed E-state index contributed by atoms with van der Waals surface area (Å²) in [6, 6.07) is 14.7. The zero-order chi connectivity index (χ0) is 19.8. The second-order valence-electron chi connectivity index (χ2n) is 6.57. The molecule has 0 unspecified atom stereocenters. The lowest BCUT2D eigenvalue weighted by molar-refractivity contribution is 0.572. The van der Waals surface area contributed by atoms with Gasteiger partial charge in [0, 0.05) is 32.1 Å². The lowest BCUT2D eigenvalue weighted by atomic mass is 10.1. The minimum absolute atomic E-state index is 0.211. The maximum Gasteiger partial charge on any atom is 0.226 e. The SMILES string of the molecule is CN=C(NCCc1cccc(F)c1)NCCc1coc(-c2ccc(C)cc2)n1. The number of hydrogen-bond donors (Lipinski definition) is 2. The number of aliphatic imine (C=N–C) groups is 1. The fourth-order valence-corrected chi connectivity index (χ4v) is 2.80. The van der Waals surface area contributed by atoms with Crippen LogP contribution in [0.2, 0.25) is 0 Å². The minimum atomic E-state index is -0.211. The van der Waals surface area contributed by atoms with Crippen LogP contribution in [-0.4, -0.2) is 31.1 Å². The average Bonchev–Trinajstić information content (AvgIpc) is 3.16. The van der Waals surface area contributed by atoms with Gasteiger partial charge in [0.05, 0.1) is 5.69 Å². The molecule has 2 N–H and O–H groups in total. The quantitative estimate of drug-likeness (QED) is 0.484. The topological polar surface area (TPSA) is 62.5 Å². The van der Waals surface area contributed by atoms with Crippen molar-refractivity contribution in [2.24, 2.45) is 4.99 Å². The predicted octanol–water partition coefficient (Wildman–Crippen LogP) is 3.74. The molecule has 0 aliphatic carbocycles. The normalized spacial score (nSPS) is 11.5. The van der Waals surface area contributed by atoms with Gasteiger partial charge in [-0.25, -0.2) is 9.37 Å². The third-order valence-corrected chi connectivity index (χ3v) is 4.34. The summed E-state index contributed by atoms with van der Waals surface area (Å²) in [5.74, 6) is 1.13. The van der Waals surface area contributed by atoms with Gasteiger partial charge in [0.15, 0.2) is 5.96 Å². The van der Waals surface area contributed by atoms with E-state index in [1.165, 1.54) is 11.6 Å². The number of aryl methyl sites for hydroxylation is 1. The highest BCUT2D eigenvalue weighted by Crippen LogP contribution is 2.19. The fraction of sp³-hybridized carbons (Fsp3) is 0.273. The van der Waals surface area contributed by atoms with Gasteiger partial charge in [-0.05, 0) is 43.2 Å². The van der Waals surface area contributed by atoms with Crippen molar-refractivity contribution in [2.45, 2.75) is 19.8 Å². The molecule has 0 radical (unpaired) electrons. The van der Waals surface area contributed by atoms with Crippen molar-refractivity contribution in [3.05, 3.63) is 77.4 Å². The zero-order valence-electron chi connectivity index (χ0n) is 16.2. The second kappa shape index (κ2) is 9.69. The number of rotatable bonds is 7. The lowest BCUT2D eigenvalue weighted by Gasteiger charge is -2.11. The molecule has 0 amide bonds. The molecular formula is C22H25FN4O. The third-order valence-electron chi connectivity index (χ3n) is 4.34. The molecule has 5 nitrogen and oxygen atoms in total. The minimum Gasteiger partial charge on any atom is -0.444 e. The van der Waals surface area contributed by atoms with E-state index in [9.17, 15) is 4.39 Å². The Hall–Kier alpha value is -3.15. The molecule has 0 bridgehead atoms. The summed E-state index contributed by atoms with van der Waals surface area (Å²) in [4.78, 5) is 8.75. The fourth-order valence-electron chi connectivity index (χ4n) is 2.80. The molecule has 3 rings (SSSR count). The number of benzene rings is 2. The molecule has 6 heteroatoms. The highest BCUT2D eigenvalue weighted by Gasteiger charge is 2.07. The Morgan fingerprint density at radius 3 is 2.54 bits per heavy atom. The van der Waals surface area contributed by atoms with Gasteiger partial charge in [0.25, 0.3) is 0 Å². The van der Waals surface area contributed by atoms with E-state index >= 15 is 0 Å². The van der Waals surface area contributed by atoms with E-state index in [1.807, 2.05) is 30.3 Å². The molecule has 2 aromatic carbocycles. The van der Waals surface area contributed by atoms with Crippen molar-refractivity contribution < 1.29 is 8.81 Å². The van der Waals surface area contributed by atoms with Crippen molar-refractivity contribution in [3.63, 3.8) is 0 Å². The van der Waals surface area contributed by atoms with Gasteiger partial charge in [-0.15, -0.1) is 0 Å². The van der Waals surface area contributed by atoms with E-state index in [1.54, 1.807) is 25.4 Å². The Labute approximate surface area is 164 Å². The van der Waals surface area contributed by atoms with Gasteiger partial charge in [-0.3, -0.25) is 4.99 Å². The molecule has 0 fully saturated rings. The van der Waals surface area contributed by atoms with Gasteiger partial charge in [-0.1, -0.05) is 29.8 Å². The van der Waals surface area contributed by atoms with Crippen molar-refractivity contribution in [2.75, 3.05) is 20.1 Å². The van der Waals surface area contributed by atoms with Crippen molar-refractivity contribution in [1.82, 2.24) is 15.6 Å². The summed E-state index contributed by atoms with van der Waals surface area (Å²) in [5.41, 5.74) is 4.02. The molecular weight excluding hydrogens is 355 g/mol. The number of nitrogens with one attached hydrogen (secondary N) is 2. The van der Waals surface area contributed by atoms with Crippen molar-refractivity contribution >= 4 is 5.96 Å². The van der Waals surface area contributed by atoms with Crippen molar-refractivity contribution in [1.29, 1.82) is 0 Å². The Balaban J connectivity index is 1.42. The van der Waals surface area contributed by atoms with Crippen LogP contribution in [-0.2, 0) is 12.8 Å². The Morgan fingerprint density at radius 2 is 1.82 bits per heavy atom. The summed E-state index contributed by atoms with van der Waals surface area (Å²) < 4.78 is 18.8. The number of guanidine groups is 1. The first-order chi connectivity index (χ1) is 13.6. The van der Waals surface area contributed by atoms with E-state index in [0.717, 1.165) is 29.7 Å². The lowest BCUT2D eigenvalue weighted by Crippen LogP contribution is -2.39. The van der Waals surface area contributed by atoms with Gasteiger partial charge >= 0.3 is 0 Å². The summed E-state index contributed by atoms with van der Waals surface area (Å²) >= 11 is 0. The smallest absolute Gasteiger partial charge is 0.226 e. The first-order valence-corrected chi connectivity index (χ1v) is 9.34. The average molecular weight is 380 g/mol. The standard InChI is InChI=1S/C22H25FN4O/c1-16-6-8-18(9-7-16)21-27-20(15-28-21)11-13-26-22(24-2)25-12-10-17-4-3-5-19(23)14-17/h3-9,14-15H,10-13H2,1-2H3,(H2,24,25,26). The largest absolute Gasteiger partial charge is 0.444 e. The molecule has 0 spiro atoms. The maximum atomic E-state index is 13.2. The molecule has 0 aliphatic heterocycles. The van der Waals surface area contributed by atoms with Crippen molar-refractivity contribution in [3.8, 4) is 11.5 Å². The van der Waals surface area contributed by atoms with Crippen LogP contribution in [0.5, 0.6) is 0 Å². The zero-order valence-corrected chi connectivity index (χ0v) is 16.2. The van der Waals surface area contributed by atoms with Gasteiger partial charge < -0.3 is 15.1 Å². The second-order valence-corrected chi connectivity index (χ2v) is 6.57. The van der Waals surface area contributed by atoms with Crippen LogP contribution >= 0.6 is 0 Å². The molecule has 1 heterocycles. The van der Waals surface area contributed by atoms with Crippen LogP contribution < -0.4 is 10.6 Å².